The van der Waals surface area contributed by atoms with Gasteiger partial charge in [-0.3, -0.25) is 0 Å². The Labute approximate surface area is 87.5 Å². The molecule has 0 N–H and O–H groups in total. The zero-order valence-corrected chi connectivity index (χ0v) is 8.16. The first kappa shape index (κ1) is 9.01. The number of aromatic nitrogens is 8. The van der Waals surface area contributed by atoms with Gasteiger partial charge in [-0.2, -0.15) is 8.17 Å². The van der Waals surface area contributed by atoms with Crippen molar-refractivity contribution in [3.8, 4) is 0 Å². The lowest BCUT2D eigenvalue weighted by atomic mass is 11.1. The molecule has 0 aliphatic heterocycles. The number of azo groups is 1. The fraction of sp³-hybridized carbons (Fsp3) is 0. The quantitative estimate of drug-likeness (QED) is 0.529. The Hall–Kier alpha value is -1.56. The topological polar surface area (TPSA) is 112 Å². The van der Waals surface area contributed by atoms with Gasteiger partial charge in [-0.25, -0.2) is 0 Å². The fourth-order valence-electron chi connectivity index (χ4n) is 0.565. The summed E-state index contributed by atoms with van der Waals surface area (Å²) in [5.41, 5.74) is 0. The van der Waals surface area contributed by atoms with Gasteiger partial charge in [0.05, 0.1) is 0 Å². The molecule has 2 rings (SSSR count). The van der Waals surface area contributed by atoms with E-state index in [4.69, 9.17) is 0 Å². The Morgan fingerprint density at radius 2 is 1.29 bits per heavy atom. The molecule has 14 heavy (non-hydrogen) atoms. The summed E-state index contributed by atoms with van der Waals surface area (Å²) in [4.78, 5) is 0. The van der Waals surface area contributed by atoms with E-state index in [2.05, 4.69) is 66.9 Å². The number of nitrogens with zero attached hydrogens (tertiary/aromatic N) is 10. The van der Waals surface area contributed by atoms with Crippen LogP contribution in [-0.4, -0.2) is 39.2 Å². The first-order valence-corrected chi connectivity index (χ1v) is 3.94. The minimum atomic E-state index is 0.115. The highest BCUT2D eigenvalue weighted by Crippen LogP contribution is 2.12. The third kappa shape index (κ3) is 1.69. The third-order valence-corrected chi connectivity index (χ3v) is 1.62. The average Bonchev–Trinajstić information content (AvgIpc) is 2.72. The van der Waals surface area contributed by atoms with Crippen molar-refractivity contribution in [1.82, 2.24) is 39.2 Å². The third-order valence-electron chi connectivity index (χ3n) is 1.10. The second-order valence-corrected chi connectivity index (χ2v) is 2.69. The number of hydrogen-bond acceptors (Lipinski definition) is 10. The maximum Gasteiger partial charge on any atom is 0.298 e. The Morgan fingerprint density at radius 1 is 0.857 bits per heavy atom. The lowest BCUT2D eigenvalue weighted by Crippen LogP contribution is -1.82. The molecule has 10 nitrogen and oxygen atoms in total. The maximum atomic E-state index is 3.86. The van der Waals surface area contributed by atoms with Crippen LogP contribution in [0.2, 0.25) is 0 Å². The van der Waals surface area contributed by atoms with Gasteiger partial charge in [0, 0.05) is 0 Å². The van der Waals surface area contributed by atoms with Gasteiger partial charge in [-0.15, -0.1) is 10.2 Å². The molecule has 0 bridgehead atoms. The van der Waals surface area contributed by atoms with Crippen LogP contribution in [0.15, 0.2) is 10.2 Å². The van der Waals surface area contributed by atoms with E-state index in [-0.39, 0.29) is 11.9 Å². The van der Waals surface area contributed by atoms with Crippen LogP contribution in [0.25, 0.3) is 0 Å². The van der Waals surface area contributed by atoms with Gasteiger partial charge in [-0.05, 0) is 46.5 Å². The molecule has 2 aromatic rings. The van der Waals surface area contributed by atoms with E-state index in [9.17, 15) is 0 Å². The SMILES string of the molecule is Sn1nnnc1N=Nc1nnnn1S. The molecular formula is C2H2N10S2. The van der Waals surface area contributed by atoms with E-state index in [0.29, 0.717) is 0 Å². The summed E-state index contributed by atoms with van der Waals surface area (Å²) in [5.74, 6) is 0.231. The van der Waals surface area contributed by atoms with Gasteiger partial charge < -0.3 is 0 Å². The number of tetrazole rings is 2. The van der Waals surface area contributed by atoms with Crippen molar-refractivity contribution in [2.24, 2.45) is 10.2 Å². The molecule has 0 aromatic carbocycles. The van der Waals surface area contributed by atoms with Crippen LogP contribution >= 0.6 is 25.6 Å². The molecule has 2 aromatic heterocycles. The Bertz CT molecular complexity index is 412. The normalized spacial score (nSPS) is 11.3. The molecule has 0 aliphatic carbocycles. The molecule has 0 amide bonds. The monoisotopic (exact) mass is 230 g/mol. The fourth-order valence-corrected chi connectivity index (χ4v) is 0.797. The first-order chi connectivity index (χ1) is 6.77. The zero-order chi connectivity index (χ0) is 9.97. The zero-order valence-electron chi connectivity index (χ0n) is 6.37. The molecule has 72 valence electrons. The summed E-state index contributed by atoms with van der Waals surface area (Å²) in [6.07, 6.45) is 0. The van der Waals surface area contributed by atoms with Gasteiger partial charge >= 0.3 is 0 Å². The van der Waals surface area contributed by atoms with Crippen LogP contribution in [0.3, 0.4) is 0 Å². The largest absolute Gasteiger partial charge is 0.298 e. The van der Waals surface area contributed by atoms with Gasteiger partial charge in [0.25, 0.3) is 11.9 Å². The van der Waals surface area contributed by atoms with E-state index in [0.717, 1.165) is 8.17 Å². The van der Waals surface area contributed by atoms with E-state index < -0.39 is 0 Å². The summed E-state index contributed by atoms with van der Waals surface area (Å²) in [6, 6.07) is 0. The van der Waals surface area contributed by atoms with Gasteiger partial charge in [0.2, 0.25) is 0 Å². The number of rotatable bonds is 2. The van der Waals surface area contributed by atoms with Crippen molar-refractivity contribution >= 4 is 37.5 Å². The standard InChI is InChI=1S/C2H2N10S2/c13-11-1(5-7-9-11)3-4-2-6-8-10-12(2)14/h13-14H. The molecule has 2 heterocycles. The van der Waals surface area contributed by atoms with E-state index in [1.807, 2.05) is 0 Å². The number of hydrogen-bond donors (Lipinski definition) is 2. The molecule has 0 radical (unpaired) electrons. The Balaban J connectivity index is 2.23. The molecule has 0 saturated heterocycles. The molecule has 0 atom stereocenters. The van der Waals surface area contributed by atoms with Crippen LogP contribution < -0.4 is 0 Å². The van der Waals surface area contributed by atoms with Crippen LogP contribution in [0.1, 0.15) is 0 Å². The maximum absolute atomic E-state index is 3.86. The van der Waals surface area contributed by atoms with Crippen molar-refractivity contribution in [3.05, 3.63) is 0 Å². The summed E-state index contributed by atoms with van der Waals surface area (Å²) in [5, 5.41) is 27.7. The molecule has 0 unspecified atom stereocenters. The van der Waals surface area contributed by atoms with Crippen LogP contribution in [0, 0.1) is 0 Å². The predicted molar refractivity (Wildman–Crippen MR) is 48.6 cm³/mol. The highest BCUT2D eigenvalue weighted by molar-refractivity contribution is 7.78. The lowest BCUT2D eigenvalue weighted by Gasteiger charge is -1.86. The van der Waals surface area contributed by atoms with Gasteiger partial charge in [0.15, 0.2) is 0 Å². The average molecular weight is 230 g/mol. The number of thiol groups is 2. The molecule has 0 fully saturated rings. The van der Waals surface area contributed by atoms with Crippen molar-refractivity contribution in [3.63, 3.8) is 0 Å². The predicted octanol–water partition coefficient (Wildman–Crippen LogP) is -0.539. The minimum Gasteiger partial charge on any atom is -0.150 e. The van der Waals surface area contributed by atoms with Gasteiger partial charge in [0.1, 0.15) is 0 Å². The van der Waals surface area contributed by atoms with Crippen molar-refractivity contribution in [1.29, 1.82) is 0 Å². The second kappa shape index (κ2) is 3.67. The smallest absolute Gasteiger partial charge is 0.150 e. The van der Waals surface area contributed by atoms with Crippen LogP contribution in [-0.2, 0) is 0 Å². The Morgan fingerprint density at radius 3 is 1.57 bits per heavy atom. The second-order valence-electron chi connectivity index (χ2n) is 1.94. The summed E-state index contributed by atoms with van der Waals surface area (Å²) in [7, 11) is 0. The molecular weight excluding hydrogens is 228 g/mol. The van der Waals surface area contributed by atoms with E-state index in [1.165, 1.54) is 0 Å². The van der Waals surface area contributed by atoms with Gasteiger partial charge in [-0.1, -0.05) is 10.2 Å². The summed E-state index contributed by atoms with van der Waals surface area (Å²) < 4.78 is 2.10. The van der Waals surface area contributed by atoms with Crippen molar-refractivity contribution in [2.45, 2.75) is 0 Å². The van der Waals surface area contributed by atoms with Crippen LogP contribution in [0.4, 0.5) is 11.9 Å². The highest BCUT2D eigenvalue weighted by Gasteiger charge is 2.03. The molecule has 12 heteroatoms. The Kier molecular flexibility index (Phi) is 2.36. The van der Waals surface area contributed by atoms with E-state index >= 15 is 0 Å². The van der Waals surface area contributed by atoms with Crippen LogP contribution in [0.5, 0.6) is 0 Å². The summed E-state index contributed by atoms with van der Waals surface area (Å²) in [6.45, 7) is 0. The van der Waals surface area contributed by atoms with E-state index in [1.54, 1.807) is 0 Å². The molecule has 0 aliphatic rings. The van der Waals surface area contributed by atoms with Crippen molar-refractivity contribution < 1.29 is 0 Å². The molecule has 0 spiro atoms. The first-order valence-electron chi connectivity index (χ1n) is 3.14. The lowest BCUT2D eigenvalue weighted by molar-refractivity contribution is 0.855. The highest BCUT2D eigenvalue weighted by atomic mass is 32.1. The molecule has 0 saturated carbocycles. The van der Waals surface area contributed by atoms with Crippen molar-refractivity contribution in [2.75, 3.05) is 0 Å². The summed E-state index contributed by atoms with van der Waals surface area (Å²) >= 11 is 7.71. The minimum absolute atomic E-state index is 0.115.